The third-order valence-electron chi connectivity index (χ3n) is 2.82. The van der Waals surface area contributed by atoms with Crippen LogP contribution in [-0.4, -0.2) is 21.0 Å². The number of thioether (sulfide) groups is 1. The Morgan fingerprint density at radius 3 is 2.83 bits per heavy atom. The first-order chi connectivity index (χ1) is 8.74. The summed E-state index contributed by atoms with van der Waals surface area (Å²) >= 11 is 7.34. The zero-order valence-corrected chi connectivity index (χ0v) is 10.9. The molecule has 0 N–H and O–H groups in total. The van der Waals surface area contributed by atoms with E-state index in [-0.39, 0.29) is 11.0 Å². The Hall–Kier alpha value is -1.39. The van der Waals surface area contributed by atoms with Gasteiger partial charge in [0.25, 0.3) is 0 Å². The molecular weight excluding hydrogens is 268 g/mol. The van der Waals surface area contributed by atoms with Crippen LogP contribution >= 0.6 is 23.4 Å². The van der Waals surface area contributed by atoms with Gasteiger partial charge in [0.05, 0.1) is 5.25 Å². The smallest absolute Gasteiger partial charge is 0.188 e. The van der Waals surface area contributed by atoms with E-state index >= 15 is 0 Å². The van der Waals surface area contributed by atoms with Crippen LogP contribution < -0.4 is 0 Å². The maximum Gasteiger partial charge on any atom is 0.188 e. The minimum absolute atomic E-state index is 0.138. The quantitative estimate of drug-likeness (QED) is 0.791. The number of benzene rings is 1. The number of rotatable bonds is 2. The van der Waals surface area contributed by atoms with Crippen LogP contribution in [0.25, 0.3) is 0 Å². The van der Waals surface area contributed by atoms with Gasteiger partial charge in [0.2, 0.25) is 0 Å². The molecule has 1 aliphatic carbocycles. The number of ketones is 1. The number of carbonyl (C=O) groups is 1. The summed E-state index contributed by atoms with van der Waals surface area (Å²) in [6.45, 7) is 0. The number of fused-ring (bicyclic) bond motifs is 1. The SMILES string of the molecule is O=C1c2ccc(Cl)cc2CC1Sc1ncccn1. The molecule has 1 atom stereocenters. The van der Waals surface area contributed by atoms with E-state index in [0.717, 1.165) is 11.1 Å². The predicted octanol–water partition coefficient (Wildman–Crippen LogP) is 3.03. The lowest BCUT2D eigenvalue weighted by Crippen LogP contribution is -2.11. The van der Waals surface area contributed by atoms with Gasteiger partial charge in [-0.3, -0.25) is 4.79 Å². The molecule has 1 aromatic carbocycles. The average Bonchev–Trinajstić information content (AvgIpc) is 2.67. The maximum atomic E-state index is 12.2. The second-order valence-corrected chi connectivity index (χ2v) is 5.61. The highest BCUT2D eigenvalue weighted by molar-refractivity contribution is 8.00. The van der Waals surface area contributed by atoms with Gasteiger partial charge in [0.1, 0.15) is 0 Å². The molecule has 0 spiro atoms. The van der Waals surface area contributed by atoms with E-state index in [1.165, 1.54) is 11.8 Å². The number of nitrogens with zero attached hydrogens (tertiary/aromatic N) is 2. The lowest BCUT2D eigenvalue weighted by atomic mass is 10.1. The summed E-state index contributed by atoms with van der Waals surface area (Å²) in [5, 5.41) is 1.17. The number of halogens is 1. The van der Waals surface area contributed by atoms with Crippen LogP contribution in [0.3, 0.4) is 0 Å². The number of carbonyl (C=O) groups excluding carboxylic acids is 1. The van der Waals surface area contributed by atoms with Crippen molar-refractivity contribution in [3.63, 3.8) is 0 Å². The highest BCUT2D eigenvalue weighted by Gasteiger charge is 2.31. The first-order valence-electron chi connectivity index (χ1n) is 5.50. The minimum atomic E-state index is -0.138. The molecule has 3 nitrogen and oxygen atoms in total. The standard InChI is InChI=1S/C13H9ClN2OS/c14-9-2-3-10-8(6-9)7-11(12(10)17)18-13-15-4-1-5-16-13/h1-6,11H,7H2. The summed E-state index contributed by atoms with van der Waals surface area (Å²) in [6.07, 6.45) is 4.05. The van der Waals surface area contributed by atoms with Crippen molar-refractivity contribution in [1.29, 1.82) is 0 Å². The number of hydrogen-bond acceptors (Lipinski definition) is 4. The van der Waals surface area contributed by atoms with E-state index in [1.807, 2.05) is 6.07 Å². The van der Waals surface area contributed by atoms with Crippen molar-refractivity contribution in [2.45, 2.75) is 16.8 Å². The van der Waals surface area contributed by atoms with Gasteiger partial charge in [-0.05, 0) is 36.2 Å². The molecule has 1 unspecified atom stereocenters. The Morgan fingerprint density at radius 2 is 2.06 bits per heavy atom. The number of aromatic nitrogens is 2. The predicted molar refractivity (Wildman–Crippen MR) is 71.2 cm³/mol. The van der Waals surface area contributed by atoms with Gasteiger partial charge in [-0.15, -0.1) is 0 Å². The van der Waals surface area contributed by atoms with Gasteiger partial charge in [-0.2, -0.15) is 0 Å². The van der Waals surface area contributed by atoms with E-state index in [1.54, 1.807) is 30.6 Å². The molecule has 0 bridgehead atoms. The van der Waals surface area contributed by atoms with Crippen molar-refractivity contribution < 1.29 is 4.79 Å². The van der Waals surface area contributed by atoms with Gasteiger partial charge >= 0.3 is 0 Å². The Bertz CT molecular complexity index is 603. The zero-order chi connectivity index (χ0) is 12.5. The van der Waals surface area contributed by atoms with Crippen molar-refractivity contribution in [2.75, 3.05) is 0 Å². The van der Waals surface area contributed by atoms with Crippen LogP contribution in [0.4, 0.5) is 0 Å². The molecule has 0 saturated carbocycles. The Morgan fingerprint density at radius 1 is 1.28 bits per heavy atom. The average molecular weight is 277 g/mol. The summed E-state index contributed by atoms with van der Waals surface area (Å²) in [7, 11) is 0. The summed E-state index contributed by atoms with van der Waals surface area (Å²) < 4.78 is 0. The van der Waals surface area contributed by atoms with Crippen molar-refractivity contribution in [3.05, 3.63) is 52.8 Å². The van der Waals surface area contributed by atoms with Gasteiger partial charge in [0, 0.05) is 23.0 Å². The molecule has 18 heavy (non-hydrogen) atoms. The van der Waals surface area contributed by atoms with E-state index in [2.05, 4.69) is 9.97 Å². The van der Waals surface area contributed by atoms with Crippen LogP contribution in [-0.2, 0) is 6.42 Å². The fourth-order valence-electron chi connectivity index (χ4n) is 2.01. The molecule has 1 heterocycles. The minimum Gasteiger partial charge on any atom is -0.293 e. The molecule has 1 aromatic heterocycles. The summed E-state index contributed by atoms with van der Waals surface area (Å²) in [6, 6.07) is 7.17. The molecule has 0 amide bonds. The first-order valence-corrected chi connectivity index (χ1v) is 6.76. The Kier molecular flexibility index (Phi) is 3.06. The van der Waals surface area contributed by atoms with Gasteiger partial charge in [-0.1, -0.05) is 23.4 Å². The highest BCUT2D eigenvalue weighted by Crippen LogP contribution is 2.33. The van der Waals surface area contributed by atoms with E-state index in [9.17, 15) is 4.79 Å². The zero-order valence-electron chi connectivity index (χ0n) is 9.34. The van der Waals surface area contributed by atoms with Crippen LogP contribution in [0, 0.1) is 0 Å². The molecular formula is C13H9ClN2OS. The van der Waals surface area contributed by atoms with E-state index in [4.69, 9.17) is 11.6 Å². The van der Waals surface area contributed by atoms with Crippen molar-refractivity contribution >= 4 is 29.1 Å². The topological polar surface area (TPSA) is 42.9 Å². The molecule has 3 rings (SSSR count). The van der Waals surface area contributed by atoms with Crippen LogP contribution in [0.5, 0.6) is 0 Å². The molecule has 1 aliphatic rings. The lowest BCUT2D eigenvalue weighted by Gasteiger charge is -2.04. The fourth-order valence-corrected chi connectivity index (χ4v) is 3.20. The molecule has 2 aromatic rings. The number of Topliss-reactive ketones (excluding diaryl/α,β-unsaturated/α-hetero) is 1. The monoisotopic (exact) mass is 276 g/mol. The molecule has 0 saturated heterocycles. The van der Waals surface area contributed by atoms with Gasteiger partial charge in [-0.25, -0.2) is 9.97 Å². The molecule has 5 heteroatoms. The molecule has 0 radical (unpaired) electrons. The second kappa shape index (κ2) is 4.71. The highest BCUT2D eigenvalue weighted by atomic mass is 35.5. The third-order valence-corrected chi connectivity index (χ3v) is 4.14. The van der Waals surface area contributed by atoms with E-state index in [0.29, 0.717) is 16.6 Å². The molecule has 90 valence electrons. The second-order valence-electron chi connectivity index (χ2n) is 4.01. The number of hydrogen-bond donors (Lipinski definition) is 0. The van der Waals surface area contributed by atoms with Crippen LogP contribution in [0.15, 0.2) is 41.8 Å². The lowest BCUT2D eigenvalue weighted by molar-refractivity contribution is 0.1000. The summed E-state index contributed by atoms with van der Waals surface area (Å²) in [5.74, 6) is 0.138. The fraction of sp³-hybridized carbons (Fsp3) is 0.154. The van der Waals surface area contributed by atoms with Crippen molar-refractivity contribution in [3.8, 4) is 0 Å². The summed E-state index contributed by atoms with van der Waals surface area (Å²) in [4.78, 5) is 20.5. The third kappa shape index (κ3) is 2.13. The van der Waals surface area contributed by atoms with Crippen molar-refractivity contribution in [2.24, 2.45) is 0 Å². The van der Waals surface area contributed by atoms with Crippen LogP contribution in [0.1, 0.15) is 15.9 Å². The van der Waals surface area contributed by atoms with Crippen molar-refractivity contribution in [1.82, 2.24) is 9.97 Å². The van der Waals surface area contributed by atoms with Crippen LogP contribution in [0.2, 0.25) is 5.02 Å². The van der Waals surface area contributed by atoms with Gasteiger partial charge in [0.15, 0.2) is 10.9 Å². The largest absolute Gasteiger partial charge is 0.293 e. The van der Waals surface area contributed by atoms with Gasteiger partial charge < -0.3 is 0 Å². The maximum absolute atomic E-state index is 12.2. The Balaban J connectivity index is 1.84. The molecule has 0 fully saturated rings. The normalized spacial score (nSPS) is 17.8. The summed E-state index contributed by atoms with van der Waals surface area (Å²) in [5.41, 5.74) is 1.79. The van der Waals surface area contributed by atoms with E-state index < -0.39 is 0 Å². The first kappa shape index (κ1) is 11.7. The molecule has 0 aliphatic heterocycles. The Labute approximate surface area is 114 Å².